The molecule has 1 aliphatic heterocycles. The monoisotopic (exact) mass is 264 g/mol. The van der Waals surface area contributed by atoms with Crippen LogP contribution in [-0.2, 0) is 23.9 Å². The topological polar surface area (TPSA) is 77.5 Å². The van der Waals surface area contributed by atoms with Gasteiger partial charge in [-0.25, -0.2) is 0 Å². The summed E-state index contributed by atoms with van der Waals surface area (Å²) in [5.74, 6) is -2.71. The normalized spacial score (nSPS) is 43.9. The average Bonchev–Trinajstić information content (AvgIpc) is 2.81. The third kappa shape index (κ3) is 1.60. The fourth-order valence-corrected chi connectivity index (χ4v) is 4.44. The molecule has 6 atom stereocenters. The summed E-state index contributed by atoms with van der Waals surface area (Å²) in [5, 5.41) is 0. The van der Waals surface area contributed by atoms with Gasteiger partial charge in [-0.3, -0.25) is 19.2 Å². The first kappa shape index (κ1) is 12.5. The Kier molecular flexibility index (Phi) is 2.62. The Labute approximate surface area is 110 Å². The van der Waals surface area contributed by atoms with Crippen molar-refractivity contribution in [2.75, 3.05) is 0 Å². The lowest BCUT2D eigenvalue weighted by Crippen LogP contribution is -2.33. The lowest BCUT2D eigenvalue weighted by molar-refractivity contribution is -0.169. The van der Waals surface area contributed by atoms with Crippen LogP contribution in [0.1, 0.15) is 26.7 Å². The van der Waals surface area contributed by atoms with Gasteiger partial charge in [0.05, 0.1) is 11.8 Å². The van der Waals surface area contributed by atoms with E-state index >= 15 is 0 Å². The van der Waals surface area contributed by atoms with Gasteiger partial charge in [0.25, 0.3) is 0 Å². The smallest absolute Gasteiger partial charge is 0.316 e. The molecular weight excluding hydrogens is 248 g/mol. The van der Waals surface area contributed by atoms with Crippen molar-refractivity contribution in [1.82, 2.24) is 0 Å². The van der Waals surface area contributed by atoms with E-state index in [0.29, 0.717) is 12.8 Å². The second kappa shape index (κ2) is 3.99. The third-order valence-corrected chi connectivity index (χ3v) is 5.17. The minimum atomic E-state index is -0.510. The number of ether oxygens (including phenoxy) is 1. The molecule has 1 heterocycles. The Balaban J connectivity index is 2.04. The summed E-state index contributed by atoms with van der Waals surface area (Å²) in [5.41, 5.74) is 0. The Morgan fingerprint density at radius 3 is 1.68 bits per heavy atom. The van der Waals surface area contributed by atoms with Gasteiger partial charge in [-0.2, -0.15) is 0 Å². The SMILES string of the molecule is CC(=O)C1CC(C(C)=O)C2C3CC(C(=O)OC3=O)C12. The number of carbonyl (C=O) groups is 4. The highest BCUT2D eigenvalue weighted by Crippen LogP contribution is 2.59. The van der Waals surface area contributed by atoms with Gasteiger partial charge in [-0.15, -0.1) is 0 Å². The fourth-order valence-electron chi connectivity index (χ4n) is 4.44. The fraction of sp³-hybridized carbons (Fsp3) is 0.714. The maximum Gasteiger partial charge on any atom is 0.316 e. The molecule has 3 fully saturated rings. The van der Waals surface area contributed by atoms with E-state index in [2.05, 4.69) is 0 Å². The lowest BCUT2D eigenvalue weighted by atomic mass is 9.81. The van der Waals surface area contributed by atoms with Crippen molar-refractivity contribution in [3.63, 3.8) is 0 Å². The molecular formula is C14H16O5. The zero-order valence-corrected chi connectivity index (χ0v) is 10.9. The van der Waals surface area contributed by atoms with Crippen LogP contribution in [-0.4, -0.2) is 23.5 Å². The Hall–Kier alpha value is -1.52. The summed E-state index contributed by atoms with van der Waals surface area (Å²) in [6.45, 7) is 3.00. The highest BCUT2D eigenvalue weighted by atomic mass is 16.6. The molecule has 19 heavy (non-hydrogen) atoms. The molecule has 0 radical (unpaired) electrons. The van der Waals surface area contributed by atoms with Crippen molar-refractivity contribution in [1.29, 1.82) is 0 Å². The Morgan fingerprint density at radius 2 is 1.32 bits per heavy atom. The van der Waals surface area contributed by atoms with Gasteiger partial charge in [0, 0.05) is 11.8 Å². The first-order chi connectivity index (χ1) is 8.91. The molecule has 0 N–H and O–H groups in total. The number of Topliss-reactive ketones (excluding diaryl/α,β-unsaturated/α-hetero) is 2. The molecule has 0 aromatic rings. The number of esters is 2. The molecule has 0 aromatic carbocycles. The second-order valence-electron chi connectivity index (χ2n) is 6.01. The minimum absolute atomic E-state index is 0.00606. The molecule has 0 amide bonds. The Bertz CT molecular complexity index is 452. The lowest BCUT2D eigenvalue weighted by Gasteiger charge is -2.22. The van der Waals surface area contributed by atoms with Gasteiger partial charge in [0.1, 0.15) is 11.6 Å². The predicted molar refractivity (Wildman–Crippen MR) is 62.6 cm³/mol. The number of carbonyl (C=O) groups excluding carboxylic acids is 4. The number of fused-ring (bicyclic) bond motifs is 5. The van der Waals surface area contributed by atoms with Crippen LogP contribution in [0.4, 0.5) is 0 Å². The largest absolute Gasteiger partial charge is 0.393 e. The van der Waals surface area contributed by atoms with Crippen molar-refractivity contribution in [2.45, 2.75) is 26.7 Å². The van der Waals surface area contributed by atoms with Crippen LogP contribution in [0.3, 0.4) is 0 Å². The van der Waals surface area contributed by atoms with E-state index in [1.54, 1.807) is 0 Å². The van der Waals surface area contributed by atoms with Gasteiger partial charge in [-0.1, -0.05) is 0 Å². The third-order valence-electron chi connectivity index (χ3n) is 5.17. The molecule has 5 nitrogen and oxygen atoms in total. The van der Waals surface area contributed by atoms with Gasteiger partial charge in [0.15, 0.2) is 0 Å². The molecule has 102 valence electrons. The molecule has 3 aliphatic rings. The average molecular weight is 264 g/mol. The van der Waals surface area contributed by atoms with Crippen LogP contribution >= 0.6 is 0 Å². The minimum Gasteiger partial charge on any atom is -0.393 e. The van der Waals surface area contributed by atoms with Crippen molar-refractivity contribution < 1.29 is 23.9 Å². The quantitative estimate of drug-likeness (QED) is 0.543. The molecule has 0 aromatic heterocycles. The standard InChI is InChI=1S/C14H16O5/c1-5(15)7-3-8(6(2)16)12-10-4-9(11(7)12)13(17)19-14(10)18/h7-12H,3-4H2,1-2H3. The summed E-state index contributed by atoms with van der Waals surface area (Å²) in [7, 11) is 0. The van der Waals surface area contributed by atoms with Crippen LogP contribution in [0.25, 0.3) is 0 Å². The van der Waals surface area contributed by atoms with Crippen LogP contribution in [0.5, 0.6) is 0 Å². The molecule has 0 spiro atoms. The first-order valence-corrected chi connectivity index (χ1v) is 6.68. The number of rotatable bonds is 2. The van der Waals surface area contributed by atoms with E-state index in [1.807, 2.05) is 0 Å². The van der Waals surface area contributed by atoms with Gasteiger partial charge < -0.3 is 4.74 Å². The molecule has 3 rings (SSSR count). The van der Waals surface area contributed by atoms with E-state index < -0.39 is 11.9 Å². The van der Waals surface area contributed by atoms with E-state index in [-0.39, 0.29) is 47.1 Å². The van der Waals surface area contributed by atoms with Gasteiger partial charge >= 0.3 is 11.9 Å². The first-order valence-electron chi connectivity index (χ1n) is 6.68. The Morgan fingerprint density at radius 1 is 0.895 bits per heavy atom. The van der Waals surface area contributed by atoms with Crippen LogP contribution in [0.15, 0.2) is 0 Å². The maximum absolute atomic E-state index is 11.8. The van der Waals surface area contributed by atoms with Crippen LogP contribution in [0, 0.1) is 35.5 Å². The van der Waals surface area contributed by atoms with Crippen LogP contribution in [0.2, 0.25) is 0 Å². The number of ketones is 2. The predicted octanol–water partition coefficient (Wildman–Crippen LogP) is 0.752. The van der Waals surface area contributed by atoms with E-state index in [1.165, 1.54) is 13.8 Å². The highest BCUT2D eigenvalue weighted by Gasteiger charge is 2.63. The van der Waals surface area contributed by atoms with E-state index in [0.717, 1.165) is 0 Å². The molecule has 1 saturated heterocycles. The number of hydrogen-bond donors (Lipinski definition) is 0. The highest BCUT2D eigenvalue weighted by molar-refractivity contribution is 5.95. The summed E-state index contributed by atoms with van der Waals surface area (Å²) in [6.07, 6.45) is 0.925. The van der Waals surface area contributed by atoms with Crippen molar-refractivity contribution in [3.8, 4) is 0 Å². The number of hydrogen-bond acceptors (Lipinski definition) is 5. The summed E-state index contributed by atoms with van der Waals surface area (Å²) in [4.78, 5) is 47.2. The van der Waals surface area contributed by atoms with Crippen molar-refractivity contribution in [2.24, 2.45) is 35.5 Å². The second-order valence-corrected chi connectivity index (χ2v) is 6.01. The number of cyclic esters (lactones) is 2. The molecule has 2 saturated carbocycles. The van der Waals surface area contributed by atoms with Gasteiger partial charge in [-0.05, 0) is 38.5 Å². The summed E-state index contributed by atoms with van der Waals surface area (Å²) < 4.78 is 4.77. The van der Waals surface area contributed by atoms with Crippen molar-refractivity contribution >= 4 is 23.5 Å². The maximum atomic E-state index is 11.8. The molecule has 2 aliphatic carbocycles. The van der Waals surface area contributed by atoms with E-state index in [4.69, 9.17) is 4.74 Å². The van der Waals surface area contributed by atoms with Crippen molar-refractivity contribution in [3.05, 3.63) is 0 Å². The van der Waals surface area contributed by atoms with Crippen LogP contribution < -0.4 is 0 Å². The molecule has 6 unspecified atom stereocenters. The molecule has 2 bridgehead atoms. The van der Waals surface area contributed by atoms with Gasteiger partial charge in [0.2, 0.25) is 0 Å². The molecule has 5 heteroatoms. The van der Waals surface area contributed by atoms with E-state index in [9.17, 15) is 19.2 Å². The zero-order chi connectivity index (χ0) is 13.9. The summed E-state index contributed by atoms with van der Waals surface area (Å²) in [6, 6.07) is 0. The zero-order valence-electron chi connectivity index (χ0n) is 10.9. The summed E-state index contributed by atoms with van der Waals surface area (Å²) >= 11 is 0.